The number of phenols is 1. The summed E-state index contributed by atoms with van der Waals surface area (Å²) in [6.45, 7) is 22.2. The predicted molar refractivity (Wildman–Crippen MR) is 270 cm³/mol. The van der Waals surface area contributed by atoms with E-state index in [4.69, 9.17) is 9.57 Å². The van der Waals surface area contributed by atoms with Gasteiger partial charge in [0.2, 0.25) is 17.7 Å². The molecule has 5 heterocycles. The molecule has 3 saturated heterocycles. The number of halogens is 1. The number of rotatable bonds is 11. The van der Waals surface area contributed by atoms with E-state index >= 15 is 0 Å². The van der Waals surface area contributed by atoms with E-state index in [9.17, 15) is 29.2 Å². The lowest BCUT2D eigenvalue weighted by atomic mass is 9.66. The van der Waals surface area contributed by atoms with Crippen molar-refractivity contribution in [1.29, 1.82) is 0 Å². The number of fused-ring (bicyclic) bond motifs is 6. The van der Waals surface area contributed by atoms with Gasteiger partial charge in [-0.05, 0) is 97.5 Å². The molecule has 4 amide bonds. The van der Waals surface area contributed by atoms with E-state index in [1.165, 1.54) is 16.0 Å². The molecule has 0 radical (unpaired) electrons. The molecule has 17 heteroatoms. The number of aliphatic imine (C=N–C) groups is 1. The standard InChI is InChI=1S/C51H67IN8O8/c1-10-19-53-28-42-38(17-22-67-42)45-44-32(6)58(12-3)41-15-14-34(27-39(41)44)36-23-33(24-37(61)26-36)25-40(49(65)59-20-13-18-51(52,55-59)60(66)68-30-50(45,7)8)54-47(63)46(31(4)5)56(9)48(64)35-16-21-57(29-35)43(62)11-2/h10-11,14-15,19,23-24,26-27,31,35,38,40,42,45-46,55H,1-2,12-13,16-18,20-22,25,28-30H2,3-9H3,(H-,54,61,63)/p+1/t35-,38?,40-,42+,45?,46-,51+/m0/s1. The number of carbonyl (C=O) groups is 4. The lowest BCUT2D eigenvalue weighted by Gasteiger charge is -2.39. The number of alkyl halides is 1. The third-order valence-electron chi connectivity index (χ3n) is 14.4. The van der Waals surface area contributed by atoms with Gasteiger partial charge in [-0.15, -0.1) is 0 Å². The minimum Gasteiger partial charge on any atom is -0.508 e. The molecule has 2 unspecified atom stereocenters. The number of hydrogen-bond acceptors (Lipinski definition) is 10. The molecule has 0 aliphatic carbocycles. The molecule has 3 aromatic rings. The summed E-state index contributed by atoms with van der Waals surface area (Å²) in [4.78, 5) is 84.7. The molecule has 4 aliphatic rings. The third kappa shape index (κ3) is 10.3. The number of hydrogen-bond donors (Lipinski definition) is 3. The first-order valence-electron chi connectivity index (χ1n) is 23.9. The number of nitrogens with zero attached hydrogens (tertiary/aromatic N) is 6. The molecular formula is C51H68IN8O8+. The van der Waals surface area contributed by atoms with Gasteiger partial charge < -0.3 is 29.5 Å². The molecule has 366 valence electrons. The van der Waals surface area contributed by atoms with Crippen molar-refractivity contribution in [2.24, 2.45) is 28.2 Å². The Bertz CT molecular complexity index is 2490. The van der Waals surface area contributed by atoms with Crippen LogP contribution in [0.2, 0.25) is 0 Å². The maximum Gasteiger partial charge on any atom is 0.383 e. The van der Waals surface area contributed by atoms with Crippen LogP contribution in [-0.2, 0) is 41.7 Å². The molecule has 0 saturated carbocycles. The van der Waals surface area contributed by atoms with E-state index in [-0.39, 0.29) is 67.5 Å². The number of carbonyl (C=O) groups excluding carboxylic acids is 4. The minimum absolute atomic E-state index is 0.00968. The van der Waals surface area contributed by atoms with Crippen molar-refractivity contribution in [1.82, 2.24) is 30.1 Å². The van der Waals surface area contributed by atoms with Crippen molar-refractivity contribution in [3.05, 3.63) is 83.4 Å². The predicted octanol–water partition coefficient (Wildman–Crippen LogP) is 6.60. The van der Waals surface area contributed by atoms with Gasteiger partial charge in [0.1, 0.15) is 17.8 Å². The Morgan fingerprint density at radius 2 is 1.90 bits per heavy atom. The van der Waals surface area contributed by atoms with Crippen LogP contribution in [0.5, 0.6) is 5.75 Å². The van der Waals surface area contributed by atoms with E-state index < -0.39 is 38.9 Å². The van der Waals surface area contributed by atoms with Crippen LogP contribution >= 0.6 is 22.6 Å². The van der Waals surface area contributed by atoms with Crippen molar-refractivity contribution < 1.29 is 38.8 Å². The molecule has 6 bridgehead atoms. The molecule has 2 aromatic carbocycles. The maximum atomic E-state index is 14.9. The smallest absolute Gasteiger partial charge is 0.383 e. The van der Waals surface area contributed by atoms with Crippen molar-refractivity contribution in [3.63, 3.8) is 0 Å². The van der Waals surface area contributed by atoms with Crippen LogP contribution in [0.4, 0.5) is 0 Å². The topological polar surface area (TPSA) is 178 Å². The second-order valence-electron chi connectivity index (χ2n) is 19.8. The second-order valence-corrected chi connectivity index (χ2v) is 21.6. The highest BCUT2D eigenvalue weighted by Gasteiger charge is 2.53. The molecular weight excluding hydrogens is 980 g/mol. The first kappa shape index (κ1) is 50.7. The zero-order chi connectivity index (χ0) is 49.2. The van der Waals surface area contributed by atoms with E-state index in [1.807, 2.05) is 48.6 Å². The van der Waals surface area contributed by atoms with Crippen LogP contribution in [-0.4, -0.2) is 128 Å². The first-order chi connectivity index (χ1) is 32.3. The highest BCUT2D eigenvalue weighted by Crippen LogP contribution is 2.51. The Morgan fingerprint density at radius 1 is 1.13 bits per heavy atom. The second kappa shape index (κ2) is 20.8. The summed E-state index contributed by atoms with van der Waals surface area (Å²) in [6, 6.07) is 9.40. The van der Waals surface area contributed by atoms with E-state index in [0.29, 0.717) is 49.4 Å². The van der Waals surface area contributed by atoms with Crippen LogP contribution in [0, 0.1) is 35.0 Å². The van der Waals surface area contributed by atoms with Crippen LogP contribution in [0.3, 0.4) is 0 Å². The fourth-order valence-electron chi connectivity index (χ4n) is 11.1. The molecule has 1 aromatic heterocycles. The highest BCUT2D eigenvalue weighted by atomic mass is 127. The fourth-order valence-corrected chi connectivity index (χ4v) is 11.9. The third-order valence-corrected chi connectivity index (χ3v) is 15.6. The number of nitrogens with one attached hydrogen (secondary N) is 2. The van der Waals surface area contributed by atoms with E-state index in [2.05, 4.69) is 73.3 Å². The van der Waals surface area contributed by atoms with E-state index in [0.717, 1.165) is 46.3 Å². The number of aryl methyl sites for hydroxylation is 1. The summed E-state index contributed by atoms with van der Waals surface area (Å²) >= 11 is 2.02. The number of amides is 4. The number of aromatic hydroxyl groups is 1. The van der Waals surface area contributed by atoms with Crippen molar-refractivity contribution >= 4 is 63.3 Å². The number of benzene rings is 2. The van der Waals surface area contributed by atoms with Crippen molar-refractivity contribution in [2.75, 3.05) is 46.4 Å². The van der Waals surface area contributed by atoms with Gasteiger partial charge >= 0.3 is 3.67 Å². The Balaban J connectivity index is 1.32. The number of aromatic nitrogens is 1. The zero-order valence-electron chi connectivity index (χ0n) is 40.5. The van der Waals surface area contributed by atoms with Gasteiger partial charge in [-0.1, -0.05) is 59.1 Å². The molecule has 7 atom stereocenters. The number of phenolic OH excluding ortho intramolecular Hbond substituents is 1. The molecule has 4 aliphatic heterocycles. The van der Waals surface area contributed by atoms with Gasteiger partial charge in [-0.2, -0.15) is 5.43 Å². The summed E-state index contributed by atoms with van der Waals surface area (Å²) in [5.74, 6) is -2.57. The van der Waals surface area contributed by atoms with Gasteiger partial charge in [-0.25, -0.2) is 4.84 Å². The quantitative estimate of drug-likeness (QED) is 0.0628. The minimum atomic E-state index is -1.40. The van der Waals surface area contributed by atoms with Gasteiger partial charge in [0.05, 0.1) is 29.9 Å². The van der Waals surface area contributed by atoms with Gasteiger partial charge in [0.25, 0.3) is 10.8 Å². The van der Waals surface area contributed by atoms with Gasteiger partial charge in [-0.3, -0.25) is 29.2 Å². The Kier molecular flexibility index (Phi) is 15.5. The lowest BCUT2D eigenvalue weighted by molar-refractivity contribution is -0.840. The summed E-state index contributed by atoms with van der Waals surface area (Å²) < 4.78 is 7.32. The van der Waals surface area contributed by atoms with Gasteiger partial charge in [0.15, 0.2) is 6.61 Å². The molecule has 16 nitrogen and oxygen atoms in total. The normalized spacial score (nSPS) is 25.9. The summed E-state index contributed by atoms with van der Waals surface area (Å²) in [6.07, 6.45) is 6.41. The van der Waals surface area contributed by atoms with Crippen LogP contribution in [0.25, 0.3) is 22.0 Å². The van der Waals surface area contributed by atoms with Crippen LogP contribution < -0.4 is 10.7 Å². The fraction of sp³-hybridized carbons (Fsp3) is 0.549. The first-order valence-corrected chi connectivity index (χ1v) is 25.0. The average Bonchev–Trinajstić information content (AvgIpc) is 4.05. The Labute approximate surface area is 413 Å². The largest absolute Gasteiger partial charge is 0.508 e. The Hall–Kier alpha value is -5.14. The monoisotopic (exact) mass is 1050 g/mol. The molecule has 0 spiro atoms. The number of ether oxygens (including phenoxy) is 1. The number of hydrazine groups is 1. The molecule has 68 heavy (non-hydrogen) atoms. The average molecular weight is 1050 g/mol. The number of likely N-dealkylation sites (tertiary alicyclic amines) is 1. The Morgan fingerprint density at radius 3 is 2.60 bits per heavy atom. The summed E-state index contributed by atoms with van der Waals surface area (Å²) in [5.41, 5.74) is 7.99. The highest BCUT2D eigenvalue weighted by molar-refractivity contribution is 14.1. The molecule has 3 fully saturated rings. The van der Waals surface area contributed by atoms with Gasteiger partial charge in [0, 0.05) is 103 Å². The SMILES string of the molecule is C=CC=NC[C@H]1OCCC1C1c2c(C)n(CC)c3ccc(cc23)-c2cc(O)cc(c2)C[C@H](NC(=O)[C@H](C(C)C)N(C)C(=O)[C@H]2CCN(C(=O)C=C)C2)C(=O)N2CCC[C@@](I)(N2)[N+](=O)OCC1(C)C. The summed E-state index contributed by atoms with van der Waals surface area (Å²) in [7, 11) is 1.58. The van der Waals surface area contributed by atoms with Crippen LogP contribution in [0.1, 0.15) is 83.0 Å². The maximum absolute atomic E-state index is 14.9. The number of allylic oxidation sites excluding steroid dienone is 1. The number of likely N-dealkylation sites (N-methyl/N-ethyl adjacent to an activating group) is 1. The lowest BCUT2D eigenvalue weighted by Crippen LogP contribution is -2.65. The zero-order valence-corrected chi connectivity index (χ0v) is 42.7. The van der Waals surface area contributed by atoms with Crippen LogP contribution in [0.15, 0.2) is 66.7 Å². The van der Waals surface area contributed by atoms with Crippen molar-refractivity contribution in [2.45, 2.75) is 108 Å². The summed E-state index contributed by atoms with van der Waals surface area (Å²) in [5, 5.41) is 16.8. The van der Waals surface area contributed by atoms with E-state index in [1.54, 1.807) is 36.4 Å². The van der Waals surface area contributed by atoms with Crippen molar-refractivity contribution in [3.8, 4) is 16.9 Å². The molecule has 3 N–H and O–H groups in total. The molecule has 7 rings (SSSR count).